The maximum atomic E-state index is 8.68. The fourth-order valence-corrected chi connectivity index (χ4v) is 0.642. The SMILES string of the molecule is [Fe+2].[O-][I+2]([O-])O.c1cc[cH-]c1.c1cc[cH-]c1. The molecule has 1 N–H and O–H groups in total. The van der Waals surface area contributed by atoms with Crippen LogP contribution >= 0.6 is 0 Å². The summed E-state index contributed by atoms with van der Waals surface area (Å²) in [5, 5.41) is 0. The van der Waals surface area contributed by atoms with Crippen molar-refractivity contribution in [2.45, 2.75) is 0 Å². The van der Waals surface area contributed by atoms with Crippen LogP contribution in [0.4, 0.5) is 0 Å². The molecular formula is C10H11FeIO3. The van der Waals surface area contributed by atoms with Gasteiger partial charge >= 0.3 is 38.1 Å². The van der Waals surface area contributed by atoms with Gasteiger partial charge in [-0.25, -0.2) is 24.3 Å². The van der Waals surface area contributed by atoms with E-state index in [1.165, 1.54) is 0 Å². The Morgan fingerprint density at radius 2 is 1.00 bits per heavy atom. The molecule has 0 spiro atoms. The third-order valence-corrected chi connectivity index (χ3v) is 1.11. The first kappa shape index (κ1) is 17.2. The van der Waals surface area contributed by atoms with E-state index in [0.29, 0.717) is 0 Å². The van der Waals surface area contributed by atoms with Gasteiger partial charge in [0.05, 0.1) is 0 Å². The Kier molecular flexibility index (Phi) is 15.9. The summed E-state index contributed by atoms with van der Waals surface area (Å²) in [6.07, 6.45) is 0. The molecule has 2 rings (SSSR count). The van der Waals surface area contributed by atoms with Gasteiger partial charge in [-0.1, -0.05) is 0 Å². The fourth-order valence-electron chi connectivity index (χ4n) is 0.642. The van der Waals surface area contributed by atoms with Crippen LogP contribution in [-0.2, 0) is 17.1 Å². The Morgan fingerprint density at radius 1 is 0.800 bits per heavy atom. The summed E-state index contributed by atoms with van der Waals surface area (Å²) in [6, 6.07) is 20.0. The normalized spacial score (nSPS) is 7.73. The molecular weight excluding hydrogens is 351 g/mol. The molecule has 0 aromatic heterocycles. The Bertz CT molecular complexity index is 193. The van der Waals surface area contributed by atoms with Gasteiger partial charge in [-0.15, -0.1) is 0 Å². The average molecular weight is 362 g/mol. The molecule has 0 aliphatic heterocycles. The largest absolute Gasteiger partial charge is 2.00 e. The van der Waals surface area contributed by atoms with E-state index in [1.807, 2.05) is 60.7 Å². The van der Waals surface area contributed by atoms with Crippen LogP contribution in [0.15, 0.2) is 60.7 Å². The van der Waals surface area contributed by atoms with Crippen LogP contribution in [0, 0.1) is 0 Å². The number of rotatable bonds is 0. The second kappa shape index (κ2) is 13.8. The third kappa shape index (κ3) is 20.0. The van der Waals surface area contributed by atoms with Crippen molar-refractivity contribution in [3.63, 3.8) is 0 Å². The van der Waals surface area contributed by atoms with E-state index in [4.69, 9.17) is 10.3 Å². The molecule has 84 valence electrons. The molecule has 0 saturated heterocycles. The van der Waals surface area contributed by atoms with Gasteiger partial charge < -0.3 is 6.87 Å². The monoisotopic (exact) mass is 362 g/mol. The van der Waals surface area contributed by atoms with Gasteiger partial charge in [0.1, 0.15) is 0 Å². The molecule has 0 heterocycles. The summed E-state index contributed by atoms with van der Waals surface area (Å²) >= 11 is -3.76. The van der Waals surface area contributed by atoms with E-state index in [-0.39, 0.29) is 17.1 Å². The van der Waals surface area contributed by atoms with E-state index in [2.05, 4.69) is 0 Å². The van der Waals surface area contributed by atoms with Crippen LogP contribution in [-0.4, -0.2) is 3.44 Å². The zero-order valence-corrected chi connectivity index (χ0v) is 11.0. The van der Waals surface area contributed by atoms with Crippen LogP contribution < -0.4 is 27.9 Å². The predicted molar refractivity (Wildman–Crippen MR) is 46.3 cm³/mol. The topological polar surface area (TPSA) is 66.3 Å². The van der Waals surface area contributed by atoms with E-state index in [0.717, 1.165) is 0 Å². The van der Waals surface area contributed by atoms with Crippen molar-refractivity contribution in [1.82, 2.24) is 0 Å². The molecule has 3 nitrogen and oxygen atoms in total. The first-order chi connectivity index (χ1) is 6.73. The summed E-state index contributed by atoms with van der Waals surface area (Å²) in [4.78, 5) is 0. The van der Waals surface area contributed by atoms with Crippen LogP contribution in [0.25, 0.3) is 0 Å². The molecule has 15 heavy (non-hydrogen) atoms. The Morgan fingerprint density at radius 3 is 1.07 bits per heavy atom. The summed E-state index contributed by atoms with van der Waals surface area (Å²) in [7, 11) is 0. The molecule has 0 aliphatic rings. The molecule has 0 fully saturated rings. The standard InChI is InChI=1S/2C5H5.Fe.HIO3/c2*1-2-4-5-3-1;;2-1(3)4/h2*1-5H;;2H/q2*-1;+2;. The smallest absolute Gasteiger partial charge is 0.396 e. The van der Waals surface area contributed by atoms with Gasteiger partial charge in [-0.2, -0.15) is 36.4 Å². The molecule has 5 heteroatoms. The quantitative estimate of drug-likeness (QED) is 0.307. The minimum absolute atomic E-state index is 0. The van der Waals surface area contributed by atoms with Gasteiger partial charge in [0.2, 0.25) is 0 Å². The predicted octanol–water partition coefficient (Wildman–Crippen LogP) is -3.12. The number of hydrogen-bond donors (Lipinski definition) is 1. The minimum Gasteiger partial charge on any atom is -0.396 e. The van der Waals surface area contributed by atoms with Gasteiger partial charge in [0.25, 0.3) is 0 Å². The summed E-state index contributed by atoms with van der Waals surface area (Å²) in [6.45, 7) is 0. The molecule has 0 atom stereocenters. The number of halogens is 1. The van der Waals surface area contributed by atoms with Crippen molar-refractivity contribution in [1.29, 1.82) is 0 Å². The van der Waals surface area contributed by atoms with Gasteiger partial charge in [-0.05, 0) is 3.44 Å². The van der Waals surface area contributed by atoms with Gasteiger partial charge in [-0.3, -0.25) is 0 Å². The van der Waals surface area contributed by atoms with Crippen molar-refractivity contribution in [3.8, 4) is 0 Å². The van der Waals surface area contributed by atoms with E-state index < -0.39 is 21.1 Å². The van der Waals surface area contributed by atoms with Crippen molar-refractivity contribution in [2.75, 3.05) is 0 Å². The van der Waals surface area contributed by atoms with Crippen molar-refractivity contribution in [3.05, 3.63) is 60.7 Å². The van der Waals surface area contributed by atoms with Crippen molar-refractivity contribution >= 4 is 0 Å². The van der Waals surface area contributed by atoms with E-state index in [1.54, 1.807) is 0 Å². The van der Waals surface area contributed by atoms with Crippen LogP contribution in [0.3, 0.4) is 0 Å². The van der Waals surface area contributed by atoms with E-state index in [9.17, 15) is 0 Å². The minimum atomic E-state index is -3.76. The fraction of sp³-hybridized carbons (Fsp3) is 0. The van der Waals surface area contributed by atoms with Crippen LogP contribution in [0.5, 0.6) is 0 Å². The van der Waals surface area contributed by atoms with Crippen molar-refractivity contribution in [2.24, 2.45) is 0 Å². The van der Waals surface area contributed by atoms with E-state index >= 15 is 0 Å². The summed E-state index contributed by atoms with van der Waals surface area (Å²) < 4.78 is 24.5. The zero-order chi connectivity index (χ0) is 10.6. The second-order valence-corrected chi connectivity index (χ2v) is 3.27. The molecule has 0 amide bonds. The number of hydrogen-bond acceptors (Lipinski definition) is 3. The van der Waals surface area contributed by atoms with Crippen molar-refractivity contribution < 1.29 is 48.4 Å². The molecule has 0 aliphatic carbocycles. The van der Waals surface area contributed by atoms with Gasteiger partial charge in [0.15, 0.2) is 0 Å². The molecule has 0 saturated carbocycles. The molecule has 2 aromatic carbocycles. The maximum absolute atomic E-state index is 8.68. The van der Waals surface area contributed by atoms with Crippen LogP contribution in [0.1, 0.15) is 0 Å². The Balaban J connectivity index is 0. The average Bonchev–Trinajstić information content (AvgIpc) is 2.83. The molecule has 0 bridgehead atoms. The molecule has 0 radical (unpaired) electrons. The zero-order valence-electron chi connectivity index (χ0n) is 7.77. The Hall–Kier alpha value is -0.171. The maximum Gasteiger partial charge on any atom is 2.00 e. The van der Waals surface area contributed by atoms with Gasteiger partial charge in [0, 0.05) is 0 Å². The van der Waals surface area contributed by atoms with Crippen LogP contribution in [0.2, 0.25) is 0 Å². The summed E-state index contributed by atoms with van der Waals surface area (Å²) in [5.74, 6) is 0. The summed E-state index contributed by atoms with van der Waals surface area (Å²) in [5.41, 5.74) is 0. The third-order valence-electron chi connectivity index (χ3n) is 1.11. The second-order valence-electron chi connectivity index (χ2n) is 2.13. The Labute approximate surface area is 109 Å². The molecule has 2 aromatic rings. The molecule has 0 unspecified atom stereocenters. The first-order valence-corrected chi connectivity index (χ1v) is 6.54. The first-order valence-electron chi connectivity index (χ1n) is 3.81.